The van der Waals surface area contributed by atoms with E-state index in [1.54, 1.807) is 0 Å². The van der Waals surface area contributed by atoms with Crippen LogP contribution in [0.3, 0.4) is 0 Å². The Hall–Kier alpha value is -0.810. The fraction of sp³-hybridized carbons (Fsp3) is 0.923. The maximum absolute atomic E-state index is 11.8. The molecule has 18 heavy (non-hydrogen) atoms. The molecule has 1 unspecified atom stereocenters. The molecular weight excluding hydrogens is 230 g/mol. The van der Waals surface area contributed by atoms with Crippen molar-refractivity contribution in [3.8, 4) is 0 Å². The lowest BCUT2D eigenvalue weighted by Gasteiger charge is -2.29. The van der Waals surface area contributed by atoms with Crippen LogP contribution in [0.1, 0.15) is 39.0 Å². The molecule has 5 heteroatoms. The lowest BCUT2D eigenvalue weighted by molar-refractivity contribution is 0.187. The number of carbonyl (C=O) groups excluding carboxylic acids is 1. The lowest BCUT2D eigenvalue weighted by atomic mass is 9.91. The second kappa shape index (κ2) is 6.95. The largest absolute Gasteiger partial charge is 0.379 e. The summed E-state index contributed by atoms with van der Waals surface area (Å²) in [5.74, 6) is 0. The number of nitrogens with one attached hydrogen (secondary N) is 3. The van der Waals surface area contributed by atoms with Gasteiger partial charge in [0.25, 0.3) is 0 Å². The molecule has 0 spiro atoms. The van der Waals surface area contributed by atoms with E-state index >= 15 is 0 Å². The molecule has 1 saturated carbocycles. The SMILES string of the molecule is CCNC1CCC(NC(=O)NC2CCOC2)CC1. The van der Waals surface area contributed by atoms with Gasteiger partial charge in [0.1, 0.15) is 0 Å². The second-order valence-electron chi connectivity index (χ2n) is 5.28. The van der Waals surface area contributed by atoms with E-state index in [2.05, 4.69) is 22.9 Å². The fourth-order valence-corrected chi connectivity index (χ4v) is 2.79. The van der Waals surface area contributed by atoms with Gasteiger partial charge in [-0.15, -0.1) is 0 Å². The Morgan fingerprint density at radius 2 is 1.72 bits per heavy atom. The first-order valence-electron chi connectivity index (χ1n) is 7.16. The van der Waals surface area contributed by atoms with Gasteiger partial charge in [-0.3, -0.25) is 0 Å². The van der Waals surface area contributed by atoms with E-state index in [1.807, 2.05) is 0 Å². The van der Waals surface area contributed by atoms with Crippen molar-refractivity contribution in [1.29, 1.82) is 0 Å². The van der Waals surface area contributed by atoms with Crippen molar-refractivity contribution in [2.75, 3.05) is 19.8 Å². The topological polar surface area (TPSA) is 62.4 Å². The van der Waals surface area contributed by atoms with E-state index in [9.17, 15) is 4.79 Å². The van der Waals surface area contributed by atoms with Gasteiger partial charge in [0.2, 0.25) is 0 Å². The third-order valence-electron chi connectivity index (χ3n) is 3.82. The predicted octanol–water partition coefficient (Wildman–Crippen LogP) is 0.995. The van der Waals surface area contributed by atoms with Crippen molar-refractivity contribution in [3.63, 3.8) is 0 Å². The number of hydrogen-bond donors (Lipinski definition) is 3. The summed E-state index contributed by atoms with van der Waals surface area (Å²) in [5, 5.41) is 9.52. The summed E-state index contributed by atoms with van der Waals surface area (Å²) in [6, 6.07) is 1.14. The van der Waals surface area contributed by atoms with E-state index in [1.165, 1.54) is 0 Å². The number of hydrogen-bond acceptors (Lipinski definition) is 3. The van der Waals surface area contributed by atoms with Gasteiger partial charge in [-0.2, -0.15) is 0 Å². The minimum absolute atomic E-state index is 0.0302. The van der Waals surface area contributed by atoms with Crippen LogP contribution in [0.2, 0.25) is 0 Å². The van der Waals surface area contributed by atoms with Crippen LogP contribution in [-0.2, 0) is 4.74 Å². The first-order chi connectivity index (χ1) is 8.78. The zero-order valence-electron chi connectivity index (χ0n) is 11.2. The standard InChI is InChI=1S/C13H25N3O2/c1-2-14-10-3-5-11(6-4-10)15-13(17)16-12-7-8-18-9-12/h10-12,14H,2-9H2,1H3,(H2,15,16,17). The van der Waals surface area contributed by atoms with E-state index in [0.29, 0.717) is 18.7 Å². The molecule has 1 heterocycles. The highest BCUT2D eigenvalue weighted by molar-refractivity contribution is 5.74. The zero-order chi connectivity index (χ0) is 12.8. The number of amides is 2. The minimum Gasteiger partial charge on any atom is -0.379 e. The molecule has 1 atom stereocenters. The van der Waals surface area contributed by atoms with Crippen molar-refractivity contribution in [1.82, 2.24) is 16.0 Å². The van der Waals surface area contributed by atoms with Gasteiger partial charge in [-0.05, 0) is 38.6 Å². The van der Waals surface area contributed by atoms with Gasteiger partial charge in [0.05, 0.1) is 12.6 Å². The van der Waals surface area contributed by atoms with E-state index in [4.69, 9.17) is 4.74 Å². The fourth-order valence-electron chi connectivity index (χ4n) is 2.79. The molecule has 3 N–H and O–H groups in total. The Labute approximate surface area is 109 Å². The Morgan fingerprint density at radius 1 is 1.06 bits per heavy atom. The molecule has 0 aromatic rings. The zero-order valence-corrected chi connectivity index (χ0v) is 11.2. The van der Waals surface area contributed by atoms with E-state index in [-0.39, 0.29) is 12.1 Å². The van der Waals surface area contributed by atoms with Crippen LogP contribution >= 0.6 is 0 Å². The van der Waals surface area contributed by atoms with Gasteiger partial charge < -0.3 is 20.7 Å². The molecule has 2 amide bonds. The van der Waals surface area contributed by atoms with Gasteiger partial charge in [0, 0.05) is 18.7 Å². The van der Waals surface area contributed by atoms with Gasteiger partial charge in [-0.25, -0.2) is 4.79 Å². The van der Waals surface area contributed by atoms with Crippen LogP contribution in [0.4, 0.5) is 4.79 Å². The highest BCUT2D eigenvalue weighted by Crippen LogP contribution is 2.18. The summed E-state index contributed by atoms with van der Waals surface area (Å²) in [7, 11) is 0. The molecule has 1 aliphatic heterocycles. The molecule has 5 nitrogen and oxygen atoms in total. The van der Waals surface area contributed by atoms with E-state index in [0.717, 1.165) is 45.3 Å². The molecule has 2 rings (SSSR count). The predicted molar refractivity (Wildman–Crippen MR) is 70.6 cm³/mol. The quantitative estimate of drug-likeness (QED) is 0.702. The monoisotopic (exact) mass is 255 g/mol. The number of carbonyl (C=O) groups is 1. The highest BCUT2D eigenvalue weighted by Gasteiger charge is 2.23. The molecule has 0 radical (unpaired) electrons. The van der Waals surface area contributed by atoms with Crippen LogP contribution in [0.5, 0.6) is 0 Å². The van der Waals surface area contributed by atoms with Gasteiger partial charge >= 0.3 is 6.03 Å². The summed E-state index contributed by atoms with van der Waals surface area (Å²) in [6.07, 6.45) is 5.40. The molecular formula is C13H25N3O2. The van der Waals surface area contributed by atoms with Crippen LogP contribution < -0.4 is 16.0 Å². The smallest absolute Gasteiger partial charge is 0.315 e. The summed E-state index contributed by atoms with van der Waals surface area (Å²) in [4.78, 5) is 11.8. The van der Waals surface area contributed by atoms with Crippen molar-refractivity contribution < 1.29 is 9.53 Å². The average molecular weight is 255 g/mol. The third-order valence-corrected chi connectivity index (χ3v) is 3.82. The van der Waals surface area contributed by atoms with Crippen LogP contribution in [-0.4, -0.2) is 43.9 Å². The van der Waals surface area contributed by atoms with Gasteiger partial charge in [0.15, 0.2) is 0 Å². The first kappa shape index (κ1) is 13.6. The second-order valence-corrected chi connectivity index (χ2v) is 5.28. The average Bonchev–Trinajstić information content (AvgIpc) is 2.84. The lowest BCUT2D eigenvalue weighted by Crippen LogP contribution is -2.48. The van der Waals surface area contributed by atoms with Crippen LogP contribution in [0.15, 0.2) is 0 Å². The number of urea groups is 1. The molecule has 1 saturated heterocycles. The molecule has 2 fully saturated rings. The maximum Gasteiger partial charge on any atom is 0.315 e. The molecule has 0 bridgehead atoms. The van der Waals surface area contributed by atoms with Crippen molar-refractivity contribution >= 4 is 6.03 Å². The number of ether oxygens (including phenoxy) is 1. The molecule has 0 aromatic carbocycles. The summed E-state index contributed by atoms with van der Waals surface area (Å²) < 4.78 is 5.24. The Balaban J connectivity index is 1.63. The molecule has 104 valence electrons. The normalized spacial score (nSPS) is 32.2. The number of rotatable bonds is 4. The highest BCUT2D eigenvalue weighted by atomic mass is 16.5. The molecule has 2 aliphatic rings. The Bertz CT molecular complexity index is 259. The minimum atomic E-state index is -0.0302. The van der Waals surface area contributed by atoms with Crippen molar-refractivity contribution in [2.24, 2.45) is 0 Å². The van der Waals surface area contributed by atoms with Gasteiger partial charge in [-0.1, -0.05) is 6.92 Å². The van der Waals surface area contributed by atoms with E-state index < -0.39 is 0 Å². The van der Waals surface area contributed by atoms with Crippen molar-refractivity contribution in [3.05, 3.63) is 0 Å². The third kappa shape index (κ3) is 4.14. The first-order valence-corrected chi connectivity index (χ1v) is 7.16. The summed E-state index contributed by atoms with van der Waals surface area (Å²) in [5.41, 5.74) is 0. The van der Waals surface area contributed by atoms with Crippen molar-refractivity contribution in [2.45, 2.75) is 57.2 Å². The summed E-state index contributed by atoms with van der Waals surface area (Å²) >= 11 is 0. The molecule has 0 aromatic heterocycles. The van der Waals surface area contributed by atoms with Crippen LogP contribution in [0.25, 0.3) is 0 Å². The van der Waals surface area contributed by atoms with Crippen LogP contribution in [0, 0.1) is 0 Å². The maximum atomic E-state index is 11.8. The molecule has 1 aliphatic carbocycles. The Morgan fingerprint density at radius 3 is 2.33 bits per heavy atom. The Kier molecular flexibility index (Phi) is 5.26. The summed E-state index contributed by atoms with van der Waals surface area (Å²) in [6.45, 7) is 4.59.